The van der Waals surface area contributed by atoms with Gasteiger partial charge in [0.25, 0.3) is 0 Å². The van der Waals surface area contributed by atoms with Crippen molar-refractivity contribution in [1.29, 1.82) is 0 Å². The number of aromatic nitrogens is 4. The largest absolute Gasteiger partial charge is 0.391 e. The van der Waals surface area contributed by atoms with Gasteiger partial charge in [0.1, 0.15) is 5.65 Å². The molecule has 7 heteroatoms. The topological polar surface area (TPSA) is 86.7 Å². The third kappa shape index (κ3) is 2.71. The highest BCUT2D eigenvalue weighted by molar-refractivity contribution is 5.91. The average molecular weight is 327 g/mol. The second kappa shape index (κ2) is 6.16. The number of halogens is 1. The van der Waals surface area contributed by atoms with Crippen molar-refractivity contribution in [3.8, 4) is 11.4 Å². The van der Waals surface area contributed by atoms with E-state index in [4.69, 9.17) is 0 Å². The van der Waals surface area contributed by atoms with Crippen LogP contribution in [-0.4, -0.2) is 37.2 Å². The van der Waals surface area contributed by atoms with Crippen LogP contribution in [0.25, 0.3) is 22.4 Å². The summed E-state index contributed by atoms with van der Waals surface area (Å²) in [4.78, 5) is 15.7. The number of hydrogen-bond donors (Lipinski definition) is 3. The summed E-state index contributed by atoms with van der Waals surface area (Å²) in [5.41, 5.74) is 1.50. The van der Waals surface area contributed by atoms with Crippen molar-refractivity contribution in [2.24, 2.45) is 0 Å². The molecule has 2 atom stereocenters. The fraction of sp³-hybridized carbons (Fsp3) is 0.353. The fourth-order valence-corrected chi connectivity index (χ4v) is 3.19. The van der Waals surface area contributed by atoms with Crippen LogP contribution in [0.5, 0.6) is 0 Å². The fourth-order valence-electron chi connectivity index (χ4n) is 3.19. The first kappa shape index (κ1) is 15.0. The summed E-state index contributed by atoms with van der Waals surface area (Å²) in [5, 5.41) is 14.0. The summed E-state index contributed by atoms with van der Waals surface area (Å²) < 4.78 is 14.1. The van der Waals surface area contributed by atoms with Crippen LogP contribution in [0.15, 0.2) is 30.7 Å². The molecule has 1 saturated carbocycles. The number of rotatable bonds is 3. The number of nitrogens with one attached hydrogen (secondary N) is 2. The molecule has 124 valence electrons. The van der Waals surface area contributed by atoms with Gasteiger partial charge in [0.15, 0.2) is 17.5 Å². The van der Waals surface area contributed by atoms with Gasteiger partial charge < -0.3 is 15.4 Å². The molecule has 3 heterocycles. The third-order valence-corrected chi connectivity index (χ3v) is 4.49. The molecule has 24 heavy (non-hydrogen) atoms. The SMILES string of the molecule is O[C@H]1CCCC[C@@H]1Nc1nc(-c2c[nH]c3ncccc23)ncc1F. The predicted molar refractivity (Wildman–Crippen MR) is 89.0 cm³/mol. The van der Waals surface area contributed by atoms with Crippen molar-refractivity contribution >= 4 is 16.9 Å². The standard InChI is InChI=1S/C17H18FN5O/c18-12-9-21-16(11-8-20-15-10(11)4-3-7-19-15)23-17(12)22-13-5-1-2-6-14(13)24/h3-4,7-9,13-14,24H,1-2,5-6H2,(H,19,20)(H,21,22,23)/t13-,14-/m0/s1. The average Bonchev–Trinajstić information content (AvgIpc) is 3.03. The molecule has 4 rings (SSSR count). The Labute approximate surface area is 138 Å². The van der Waals surface area contributed by atoms with Crippen molar-refractivity contribution in [2.45, 2.75) is 37.8 Å². The monoisotopic (exact) mass is 327 g/mol. The van der Waals surface area contributed by atoms with Crippen LogP contribution >= 0.6 is 0 Å². The molecule has 3 N–H and O–H groups in total. The molecule has 1 aliphatic carbocycles. The first-order valence-electron chi connectivity index (χ1n) is 8.12. The summed E-state index contributed by atoms with van der Waals surface area (Å²) in [5.74, 6) is 0.0297. The highest BCUT2D eigenvalue weighted by Gasteiger charge is 2.24. The Balaban J connectivity index is 1.68. The number of anilines is 1. The Morgan fingerprint density at radius 1 is 1.25 bits per heavy atom. The van der Waals surface area contributed by atoms with Crippen LogP contribution < -0.4 is 5.32 Å². The van der Waals surface area contributed by atoms with E-state index in [2.05, 4.69) is 25.3 Å². The molecule has 1 aliphatic rings. The predicted octanol–water partition coefficient (Wildman–Crippen LogP) is 2.87. The summed E-state index contributed by atoms with van der Waals surface area (Å²) in [6.45, 7) is 0. The van der Waals surface area contributed by atoms with E-state index in [1.54, 1.807) is 12.4 Å². The van der Waals surface area contributed by atoms with Gasteiger partial charge in [-0.25, -0.2) is 19.3 Å². The van der Waals surface area contributed by atoms with Gasteiger partial charge in [-0.2, -0.15) is 0 Å². The van der Waals surface area contributed by atoms with E-state index >= 15 is 0 Å². The molecule has 3 aromatic rings. The Morgan fingerprint density at radius 3 is 3.00 bits per heavy atom. The molecule has 0 radical (unpaired) electrons. The van der Waals surface area contributed by atoms with Crippen LogP contribution in [0.1, 0.15) is 25.7 Å². The highest BCUT2D eigenvalue weighted by atomic mass is 19.1. The number of aromatic amines is 1. The summed E-state index contributed by atoms with van der Waals surface area (Å²) in [6, 6.07) is 3.57. The van der Waals surface area contributed by atoms with Gasteiger partial charge in [0, 0.05) is 23.3 Å². The zero-order chi connectivity index (χ0) is 16.5. The maximum Gasteiger partial charge on any atom is 0.183 e. The molecular weight excluding hydrogens is 309 g/mol. The molecule has 0 aromatic carbocycles. The van der Waals surface area contributed by atoms with Gasteiger partial charge in [0.05, 0.1) is 18.3 Å². The van der Waals surface area contributed by atoms with Gasteiger partial charge in [-0.15, -0.1) is 0 Å². The number of nitrogens with zero attached hydrogens (tertiary/aromatic N) is 3. The van der Waals surface area contributed by atoms with Crippen molar-refractivity contribution in [3.63, 3.8) is 0 Å². The zero-order valence-corrected chi connectivity index (χ0v) is 13.0. The van der Waals surface area contributed by atoms with Crippen molar-refractivity contribution in [2.75, 3.05) is 5.32 Å². The minimum absolute atomic E-state index is 0.129. The van der Waals surface area contributed by atoms with E-state index in [-0.39, 0.29) is 11.9 Å². The smallest absolute Gasteiger partial charge is 0.183 e. The molecule has 0 aliphatic heterocycles. The Hall–Kier alpha value is -2.54. The lowest BCUT2D eigenvalue weighted by Gasteiger charge is -2.28. The molecule has 0 unspecified atom stereocenters. The molecule has 0 spiro atoms. The molecule has 0 bridgehead atoms. The van der Waals surface area contributed by atoms with Crippen molar-refractivity contribution < 1.29 is 9.50 Å². The minimum atomic E-state index is -0.519. The van der Waals surface area contributed by atoms with Gasteiger partial charge in [-0.1, -0.05) is 12.8 Å². The van der Waals surface area contributed by atoms with E-state index in [1.807, 2.05) is 12.1 Å². The summed E-state index contributed by atoms with van der Waals surface area (Å²) in [7, 11) is 0. The minimum Gasteiger partial charge on any atom is -0.391 e. The Morgan fingerprint density at radius 2 is 2.12 bits per heavy atom. The lowest BCUT2D eigenvalue weighted by molar-refractivity contribution is 0.116. The lowest BCUT2D eigenvalue weighted by atomic mass is 9.92. The maximum atomic E-state index is 14.1. The van der Waals surface area contributed by atoms with E-state index in [0.29, 0.717) is 5.82 Å². The van der Waals surface area contributed by atoms with Crippen LogP contribution in [0.4, 0.5) is 10.2 Å². The second-order valence-corrected chi connectivity index (χ2v) is 6.09. The third-order valence-electron chi connectivity index (χ3n) is 4.49. The molecule has 0 amide bonds. The van der Waals surface area contributed by atoms with Gasteiger partial charge in [0.2, 0.25) is 0 Å². The van der Waals surface area contributed by atoms with E-state index in [1.165, 1.54) is 0 Å². The first-order chi connectivity index (χ1) is 11.7. The molecule has 6 nitrogen and oxygen atoms in total. The second-order valence-electron chi connectivity index (χ2n) is 6.09. The molecule has 0 saturated heterocycles. The van der Waals surface area contributed by atoms with Crippen molar-refractivity contribution in [1.82, 2.24) is 19.9 Å². The first-order valence-corrected chi connectivity index (χ1v) is 8.12. The molecular formula is C17H18FN5O. The Kier molecular flexibility index (Phi) is 3.86. The van der Waals surface area contributed by atoms with Gasteiger partial charge in [-0.3, -0.25) is 0 Å². The number of hydrogen-bond acceptors (Lipinski definition) is 5. The normalized spacial score (nSPS) is 21.1. The van der Waals surface area contributed by atoms with Gasteiger partial charge >= 0.3 is 0 Å². The van der Waals surface area contributed by atoms with Crippen LogP contribution in [0.2, 0.25) is 0 Å². The van der Waals surface area contributed by atoms with Crippen LogP contribution in [-0.2, 0) is 0 Å². The lowest BCUT2D eigenvalue weighted by Crippen LogP contribution is -2.36. The summed E-state index contributed by atoms with van der Waals surface area (Å²) in [6.07, 6.45) is 7.70. The van der Waals surface area contributed by atoms with Crippen molar-refractivity contribution in [3.05, 3.63) is 36.5 Å². The number of aliphatic hydroxyl groups excluding tert-OH is 1. The summed E-state index contributed by atoms with van der Waals surface area (Å²) >= 11 is 0. The molecule has 3 aromatic heterocycles. The number of fused-ring (bicyclic) bond motifs is 1. The Bertz CT molecular complexity index is 865. The number of pyridine rings is 1. The van der Waals surface area contributed by atoms with Crippen LogP contribution in [0, 0.1) is 5.82 Å². The van der Waals surface area contributed by atoms with E-state index < -0.39 is 11.9 Å². The maximum absolute atomic E-state index is 14.1. The van der Waals surface area contributed by atoms with E-state index in [9.17, 15) is 9.50 Å². The zero-order valence-electron chi connectivity index (χ0n) is 13.0. The quantitative estimate of drug-likeness (QED) is 0.688. The number of H-pyrrole nitrogens is 1. The number of aliphatic hydroxyl groups is 1. The highest BCUT2D eigenvalue weighted by Crippen LogP contribution is 2.27. The van der Waals surface area contributed by atoms with Gasteiger partial charge in [-0.05, 0) is 25.0 Å². The van der Waals surface area contributed by atoms with Crippen LogP contribution in [0.3, 0.4) is 0 Å². The molecule has 1 fully saturated rings. The van der Waals surface area contributed by atoms with E-state index in [0.717, 1.165) is 48.5 Å².